The highest BCUT2D eigenvalue weighted by molar-refractivity contribution is 7.23. The minimum Gasteiger partial charge on any atom is -0.489 e. The summed E-state index contributed by atoms with van der Waals surface area (Å²) < 4.78 is 90.1. The van der Waals surface area contributed by atoms with Crippen molar-refractivity contribution < 1.29 is 36.2 Å². The van der Waals surface area contributed by atoms with Gasteiger partial charge in [-0.3, -0.25) is 4.90 Å². The number of ether oxygens (including phenoxy) is 3. The molecule has 2 aromatic carbocycles. The summed E-state index contributed by atoms with van der Waals surface area (Å²) in [6, 6.07) is 4.02. The van der Waals surface area contributed by atoms with Crippen LogP contribution in [0.4, 0.5) is 32.8 Å². The van der Waals surface area contributed by atoms with Crippen LogP contribution < -0.4 is 20.1 Å². The molecule has 2 N–H and O–H groups in total. The van der Waals surface area contributed by atoms with E-state index in [-0.39, 0.29) is 97.5 Å². The van der Waals surface area contributed by atoms with Gasteiger partial charge in [0.2, 0.25) is 0 Å². The summed E-state index contributed by atoms with van der Waals surface area (Å²) in [5.74, 6) is -1.20. The Morgan fingerprint density at radius 3 is 2.84 bits per heavy atom. The van der Waals surface area contributed by atoms with E-state index in [4.69, 9.17) is 36.5 Å². The van der Waals surface area contributed by atoms with Gasteiger partial charge >= 0.3 is 12.6 Å². The molecule has 3 aliphatic heterocycles. The second kappa shape index (κ2) is 12.3. The lowest BCUT2D eigenvalue weighted by molar-refractivity contribution is -0.160. The van der Waals surface area contributed by atoms with Gasteiger partial charge in [0.1, 0.15) is 47.6 Å². The molecule has 0 bridgehead atoms. The molecule has 258 valence electrons. The SMILES string of the molecule is N#Cc1c(N)sc2c(F)ccc(-c3c(Cl)c4c5c(nc(OC[C@@]67CCCN6C[C@H](F)C7)nc5c3F)N(C3CCC(OC(F)F)C3)CCO4)c12. The van der Waals surface area contributed by atoms with E-state index in [1.54, 1.807) is 0 Å². The number of hydrogen-bond acceptors (Lipinski definition) is 10. The van der Waals surface area contributed by atoms with E-state index in [1.165, 1.54) is 6.07 Å². The number of halogens is 6. The van der Waals surface area contributed by atoms with Gasteiger partial charge in [-0.25, -0.2) is 13.2 Å². The van der Waals surface area contributed by atoms with Gasteiger partial charge in [-0.1, -0.05) is 17.7 Å². The molecule has 4 atom stereocenters. The van der Waals surface area contributed by atoms with Crippen molar-refractivity contribution in [1.29, 1.82) is 5.26 Å². The molecule has 3 fully saturated rings. The Bertz CT molecular complexity index is 2030. The summed E-state index contributed by atoms with van der Waals surface area (Å²) in [5.41, 5.74) is 5.27. The van der Waals surface area contributed by atoms with E-state index in [0.29, 0.717) is 25.8 Å². The molecule has 0 amide bonds. The van der Waals surface area contributed by atoms with Crippen LogP contribution in [0.2, 0.25) is 5.02 Å². The van der Waals surface area contributed by atoms with Crippen molar-refractivity contribution in [3.63, 3.8) is 0 Å². The summed E-state index contributed by atoms with van der Waals surface area (Å²) in [6.45, 7) is -1.46. The highest BCUT2D eigenvalue weighted by atomic mass is 35.5. The molecule has 2 unspecified atom stereocenters. The fourth-order valence-corrected chi connectivity index (χ4v) is 9.50. The number of nitriles is 1. The molecule has 4 aliphatic rings. The maximum atomic E-state index is 17.2. The third kappa shape index (κ3) is 5.30. The molecular formula is C33H30ClF5N6O3S. The molecule has 1 aliphatic carbocycles. The highest BCUT2D eigenvalue weighted by Crippen LogP contribution is 2.51. The molecule has 8 rings (SSSR count). The lowest BCUT2D eigenvalue weighted by Crippen LogP contribution is -2.43. The zero-order valence-electron chi connectivity index (χ0n) is 26.0. The van der Waals surface area contributed by atoms with Crippen molar-refractivity contribution in [1.82, 2.24) is 14.9 Å². The van der Waals surface area contributed by atoms with Crippen LogP contribution in [0.3, 0.4) is 0 Å². The Labute approximate surface area is 286 Å². The fourth-order valence-electron chi connectivity index (χ4n) is 8.21. The molecule has 4 aromatic rings. The molecule has 2 saturated heterocycles. The normalized spacial score (nSPS) is 25.3. The summed E-state index contributed by atoms with van der Waals surface area (Å²) in [7, 11) is 0. The number of anilines is 2. The van der Waals surface area contributed by atoms with Crippen molar-refractivity contribution in [2.45, 2.75) is 69.0 Å². The van der Waals surface area contributed by atoms with E-state index < -0.39 is 36.1 Å². The number of thiophene rings is 1. The lowest BCUT2D eigenvalue weighted by atomic mass is 9.95. The monoisotopic (exact) mass is 720 g/mol. The minimum atomic E-state index is -2.92. The van der Waals surface area contributed by atoms with Crippen LogP contribution in [-0.2, 0) is 4.74 Å². The van der Waals surface area contributed by atoms with Crippen LogP contribution >= 0.6 is 22.9 Å². The van der Waals surface area contributed by atoms with Crippen LogP contribution in [0.5, 0.6) is 11.8 Å². The maximum Gasteiger partial charge on any atom is 0.345 e. The van der Waals surface area contributed by atoms with Gasteiger partial charge in [0.25, 0.3) is 0 Å². The number of alkyl halides is 3. The third-order valence-corrected chi connectivity index (χ3v) is 11.7. The van der Waals surface area contributed by atoms with Crippen molar-refractivity contribution in [3.05, 3.63) is 34.4 Å². The van der Waals surface area contributed by atoms with Crippen molar-refractivity contribution >= 4 is 54.7 Å². The van der Waals surface area contributed by atoms with Crippen LogP contribution in [-0.4, -0.2) is 78.2 Å². The first-order valence-electron chi connectivity index (χ1n) is 16.1. The van der Waals surface area contributed by atoms with E-state index in [0.717, 1.165) is 36.8 Å². The number of rotatable bonds is 7. The smallest absolute Gasteiger partial charge is 0.345 e. The molecule has 0 spiro atoms. The zero-order valence-corrected chi connectivity index (χ0v) is 27.5. The lowest BCUT2D eigenvalue weighted by Gasteiger charge is -2.32. The molecule has 0 radical (unpaired) electrons. The largest absolute Gasteiger partial charge is 0.489 e. The molecule has 1 saturated carbocycles. The van der Waals surface area contributed by atoms with Gasteiger partial charge in [0.15, 0.2) is 11.6 Å². The first-order chi connectivity index (χ1) is 23.6. The highest BCUT2D eigenvalue weighted by Gasteiger charge is 2.49. The predicted octanol–water partition coefficient (Wildman–Crippen LogP) is 7.21. The fraction of sp³-hybridized carbons (Fsp3) is 0.485. The van der Waals surface area contributed by atoms with E-state index in [9.17, 15) is 22.8 Å². The predicted molar refractivity (Wildman–Crippen MR) is 174 cm³/mol. The third-order valence-electron chi connectivity index (χ3n) is 10.3. The van der Waals surface area contributed by atoms with Gasteiger partial charge in [-0.2, -0.15) is 24.0 Å². The summed E-state index contributed by atoms with van der Waals surface area (Å²) in [5, 5.41) is 10.1. The second-order valence-corrected chi connectivity index (χ2v) is 14.5. The van der Waals surface area contributed by atoms with Crippen molar-refractivity contribution in [2.24, 2.45) is 0 Å². The molecule has 5 heterocycles. The Morgan fingerprint density at radius 1 is 1.20 bits per heavy atom. The molecule has 16 heteroatoms. The van der Waals surface area contributed by atoms with E-state index in [1.807, 2.05) is 11.0 Å². The molecule has 2 aromatic heterocycles. The average molecular weight is 721 g/mol. The van der Waals surface area contributed by atoms with Crippen molar-refractivity contribution in [3.8, 4) is 29.0 Å². The standard InChI is InChI=1S/C33H30ClF5N6O3S/c34-24-22(18-4-5-20(36)28-21(18)19(12-40)29(41)49-28)25(37)26-23-27(24)46-9-8-45(16-2-3-17(10-16)48-31(38)39)30(23)43-32(42-26)47-14-33-6-1-7-44(33)13-15(35)11-33/h4-5,15-17,31H,1-3,6-11,13-14,41H2/t15-,16?,17?,33+/m1/s1. The number of nitrogens with zero attached hydrogens (tertiary/aromatic N) is 5. The average Bonchev–Trinajstić information content (AvgIpc) is 3.80. The molecule has 49 heavy (non-hydrogen) atoms. The maximum absolute atomic E-state index is 17.2. The second-order valence-electron chi connectivity index (χ2n) is 13.0. The number of aromatic nitrogens is 2. The Morgan fingerprint density at radius 2 is 2.04 bits per heavy atom. The van der Waals surface area contributed by atoms with Gasteiger partial charge in [0.05, 0.1) is 38.9 Å². The number of fused-ring (bicyclic) bond motifs is 2. The first kappa shape index (κ1) is 32.5. The quantitative estimate of drug-likeness (QED) is 0.198. The summed E-state index contributed by atoms with van der Waals surface area (Å²) >= 11 is 7.85. The topological polar surface area (TPSA) is 110 Å². The summed E-state index contributed by atoms with van der Waals surface area (Å²) in [6.07, 6.45) is 1.40. The number of benzene rings is 2. The van der Waals surface area contributed by atoms with Crippen LogP contribution in [0, 0.1) is 23.0 Å². The number of nitrogen functional groups attached to an aromatic ring is 1. The Hall–Kier alpha value is -3.71. The van der Waals surface area contributed by atoms with Gasteiger partial charge in [-0.15, -0.1) is 11.3 Å². The van der Waals surface area contributed by atoms with Crippen LogP contribution in [0.15, 0.2) is 12.1 Å². The van der Waals surface area contributed by atoms with Crippen LogP contribution in [0.1, 0.15) is 44.1 Å². The molecule has 9 nitrogen and oxygen atoms in total. The number of hydrogen-bond donors (Lipinski definition) is 1. The molecular weight excluding hydrogens is 691 g/mol. The first-order valence-corrected chi connectivity index (χ1v) is 17.3. The summed E-state index contributed by atoms with van der Waals surface area (Å²) in [4.78, 5) is 13.2. The van der Waals surface area contributed by atoms with Crippen LogP contribution in [0.25, 0.3) is 32.1 Å². The Kier molecular flexibility index (Phi) is 8.13. The van der Waals surface area contributed by atoms with E-state index >= 15 is 4.39 Å². The van der Waals surface area contributed by atoms with E-state index in [2.05, 4.69) is 9.88 Å². The van der Waals surface area contributed by atoms with Gasteiger partial charge < -0.3 is 24.8 Å². The van der Waals surface area contributed by atoms with Gasteiger partial charge in [-0.05, 0) is 50.3 Å². The Balaban J connectivity index is 1.31. The number of nitrogens with two attached hydrogens (primary N) is 1. The minimum absolute atomic E-state index is 0.0136. The van der Waals surface area contributed by atoms with Crippen molar-refractivity contribution in [2.75, 3.05) is 43.5 Å². The zero-order chi connectivity index (χ0) is 34.2. The van der Waals surface area contributed by atoms with Gasteiger partial charge in [0, 0.05) is 30.0 Å².